The predicted molar refractivity (Wildman–Crippen MR) is 143 cm³/mol. The van der Waals surface area contributed by atoms with Crippen molar-refractivity contribution in [2.75, 3.05) is 0 Å². The van der Waals surface area contributed by atoms with Gasteiger partial charge in [0.1, 0.15) is 0 Å². The molecule has 1 aliphatic carbocycles. The van der Waals surface area contributed by atoms with E-state index in [1.165, 1.54) is 11.5 Å². The fraction of sp³-hybridized carbons (Fsp3) is 0.0938. The average Bonchev–Trinajstić information content (AvgIpc) is 2.92. The average molecular weight is 661 g/mol. The van der Waals surface area contributed by atoms with Crippen molar-refractivity contribution in [3.63, 3.8) is 0 Å². The maximum absolute atomic E-state index is 14.4. The molecule has 3 aromatic carbocycles. The van der Waals surface area contributed by atoms with Crippen LogP contribution in [0.25, 0.3) is 44.2 Å². The number of aromatic nitrogens is 3. The molecule has 0 amide bonds. The van der Waals surface area contributed by atoms with Gasteiger partial charge in [0, 0.05) is 49.9 Å². The summed E-state index contributed by atoms with van der Waals surface area (Å²) in [6, 6.07) is 30.6. The minimum absolute atomic E-state index is 0. The molecule has 0 bridgehead atoms. The van der Waals surface area contributed by atoms with E-state index in [9.17, 15) is 4.39 Å². The monoisotopic (exact) mass is 661 g/mol. The van der Waals surface area contributed by atoms with E-state index in [0.29, 0.717) is 5.56 Å². The molecule has 3 nitrogen and oxygen atoms in total. The van der Waals surface area contributed by atoms with Gasteiger partial charge in [-0.2, -0.15) is 0 Å². The summed E-state index contributed by atoms with van der Waals surface area (Å²) < 4.78 is 14.4. The summed E-state index contributed by atoms with van der Waals surface area (Å²) in [6.45, 7) is 4.13. The van der Waals surface area contributed by atoms with Gasteiger partial charge in [0.05, 0.1) is 11.4 Å². The van der Waals surface area contributed by atoms with Crippen molar-refractivity contribution in [2.24, 2.45) is 0 Å². The van der Waals surface area contributed by atoms with Gasteiger partial charge in [-0.05, 0) is 57.1 Å². The third-order valence-corrected chi connectivity index (χ3v) is 6.85. The molecule has 3 aromatic heterocycles. The smallest absolute Gasteiger partial charge is 0.0964 e. The minimum Gasteiger partial charge on any atom is -0.304 e. The molecule has 0 spiro atoms. The van der Waals surface area contributed by atoms with Crippen LogP contribution in [0.2, 0.25) is 0 Å². The van der Waals surface area contributed by atoms with Crippen molar-refractivity contribution >= 4 is 21.5 Å². The Morgan fingerprint density at radius 2 is 1.43 bits per heavy atom. The molecule has 0 atom stereocenters. The third-order valence-electron chi connectivity index (χ3n) is 6.85. The normalized spacial score (nSPS) is 12.7. The Balaban J connectivity index is 0.000000151. The van der Waals surface area contributed by atoms with Crippen LogP contribution >= 0.6 is 0 Å². The second-order valence-corrected chi connectivity index (χ2v) is 9.36. The van der Waals surface area contributed by atoms with Crippen LogP contribution in [-0.4, -0.2) is 15.0 Å². The predicted octanol–water partition coefficient (Wildman–Crippen LogP) is 7.77. The van der Waals surface area contributed by atoms with Crippen molar-refractivity contribution in [1.29, 1.82) is 0 Å². The number of nitrogens with zero attached hydrogens (tertiary/aromatic N) is 3. The molecular weight excluding hydrogens is 638 g/mol. The molecule has 5 heteroatoms. The van der Waals surface area contributed by atoms with Crippen LogP contribution in [0.4, 0.5) is 4.39 Å². The second-order valence-electron chi connectivity index (χ2n) is 9.36. The third kappa shape index (κ3) is 4.25. The molecule has 0 fully saturated rings. The first kappa shape index (κ1) is 24.9. The van der Waals surface area contributed by atoms with Gasteiger partial charge >= 0.3 is 0 Å². The molecule has 0 unspecified atom stereocenters. The van der Waals surface area contributed by atoms with E-state index >= 15 is 0 Å². The van der Waals surface area contributed by atoms with E-state index in [1.807, 2.05) is 54.7 Å². The van der Waals surface area contributed by atoms with E-state index in [2.05, 4.69) is 59.1 Å². The Morgan fingerprint density at radius 1 is 0.703 bits per heavy atom. The Bertz CT molecular complexity index is 1720. The fourth-order valence-corrected chi connectivity index (χ4v) is 5.17. The standard InChI is InChI=1S/C18H13FN.C14H10N2.Ir/c1-18(2)13-7-3-5-11-9-10-20-17(15(11)13)12-6-4-8-14(19)16(12)18;1-2-6-12-11(5-1)8-10-16-14(12)13-7-3-4-9-15-13;/h3-5,7-10H,1-2H3;1-10H;/q-1;;. The van der Waals surface area contributed by atoms with Crippen molar-refractivity contribution in [1.82, 2.24) is 15.0 Å². The van der Waals surface area contributed by atoms with Gasteiger partial charge in [-0.15, -0.1) is 23.8 Å². The number of benzene rings is 3. The maximum atomic E-state index is 14.4. The van der Waals surface area contributed by atoms with E-state index in [1.54, 1.807) is 18.5 Å². The second kappa shape index (κ2) is 9.93. The van der Waals surface area contributed by atoms with Crippen molar-refractivity contribution in [3.05, 3.63) is 127 Å². The molecule has 6 aromatic rings. The molecule has 1 radical (unpaired) electrons. The largest absolute Gasteiger partial charge is 0.304 e. The molecule has 183 valence electrons. The zero-order valence-electron chi connectivity index (χ0n) is 20.4. The quantitative estimate of drug-likeness (QED) is 0.169. The van der Waals surface area contributed by atoms with Gasteiger partial charge in [0.15, 0.2) is 0 Å². The van der Waals surface area contributed by atoms with Crippen molar-refractivity contribution in [2.45, 2.75) is 19.3 Å². The van der Waals surface area contributed by atoms with Crippen LogP contribution in [-0.2, 0) is 25.5 Å². The van der Waals surface area contributed by atoms with E-state index in [4.69, 9.17) is 0 Å². The maximum Gasteiger partial charge on any atom is 0.0964 e. The van der Waals surface area contributed by atoms with Crippen LogP contribution in [0.15, 0.2) is 104 Å². The van der Waals surface area contributed by atoms with Gasteiger partial charge in [-0.1, -0.05) is 67.9 Å². The van der Waals surface area contributed by atoms with Crippen LogP contribution in [0.3, 0.4) is 0 Å². The summed E-state index contributed by atoms with van der Waals surface area (Å²) in [7, 11) is 0. The molecule has 37 heavy (non-hydrogen) atoms. The van der Waals surface area contributed by atoms with Gasteiger partial charge in [0.2, 0.25) is 0 Å². The first-order chi connectivity index (χ1) is 17.6. The Morgan fingerprint density at radius 3 is 2.24 bits per heavy atom. The number of fused-ring (bicyclic) bond motifs is 3. The van der Waals surface area contributed by atoms with Gasteiger partial charge < -0.3 is 4.98 Å². The molecule has 3 heterocycles. The number of hydrogen-bond donors (Lipinski definition) is 0. The van der Waals surface area contributed by atoms with Crippen molar-refractivity contribution < 1.29 is 24.5 Å². The molecule has 0 saturated carbocycles. The zero-order valence-corrected chi connectivity index (χ0v) is 22.8. The SMILES string of the molecule is CC1(C)c2c([c-]ccc2F)-c2nccc3cccc1c23.[Ir].c1ccc(-c2nccc3ccccc23)nc1. The molecule has 0 N–H and O–H groups in total. The van der Waals surface area contributed by atoms with E-state index < -0.39 is 0 Å². The number of halogens is 1. The van der Waals surface area contributed by atoms with Gasteiger partial charge in [0.25, 0.3) is 0 Å². The summed E-state index contributed by atoms with van der Waals surface area (Å²) in [6.07, 6.45) is 5.40. The molecular formula is C32H23FIrN3-. The van der Waals surface area contributed by atoms with E-state index in [0.717, 1.165) is 44.4 Å². The molecule has 7 rings (SSSR count). The summed E-state index contributed by atoms with van der Waals surface area (Å²) in [4.78, 5) is 13.2. The van der Waals surface area contributed by atoms with E-state index in [-0.39, 0.29) is 31.3 Å². The summed E-state index contributed by atoms with van der Waals surface area (Å²) in [5.41, 5.74) is 4.93. The van der Waals surface area contributed by atoms with Crippen LogP contribution < -0.4 is 0 Å². The Kier molecular flexibility index (Phi) is 6.68. The minimum atomic E-state index is -0.382. The number of pyridine rings is 3. The van der Waals surface area contributed by atoms with Crippen LogP contribution in [0.1, 0.15) is 25.0 Å². The van der Waals surface area contributed by atoms with Crippen LogP contribution in [0, 0.1) is 11.9 Å². The topological polar surface area (TPSA) is 38.7 Å². The molecule has 0 aliphatic heterocycles. The van der Waals surface area contributed by atoms with Gasteiger partial charge in [-0.3, -0.25) is 9.97 Å². The summed E-state index contributed by atoms with van der Waals surface area (Å²) >= 11 is 0. The molecule has 1 aliphatic rings. The fourth-order valence-electron chi connectivity index (χ4n) is 5.17. The first-order valence-corrected chi connectivity index (χ1v) is 11.9. The number of rotatable bonds is 1. The van der Waals surface area contributed by atoms with Crippen molar-refractivity contribution in [3.8, 4) is 22.6 Å². The molecule has 0 saturated heterocycles. The van der Waals surface area contributed by atoms with Gasteiger partial charge in [-0.25, -0.2) is 4.39 Å². The number of hydrogen-bond acceptors (Lipinski definition) is 3. The Hall–Kier alpha value is -3.79. The summed E-state index contributed by atoms with van der Waals surface area (Å²) in [5.74, 6) is -0.183. The zero-order chi connectivity index (χ0) is 24.7. The summed E-state index contributed by atoms with van der Waals surface area (Å²) in [5, 5.41) is 4.60. The Labute approximate surface area is 228 Å². The van der Waals surface area contributed by atoms with Crippen LogP contribution in [0.5, 0.6) is 0 Å². The first-order valence-electron chi connectivity index (χ1n) is 11.9.